The lowest BCUT2D eigenvalue weighted by Gasteiger charge is -2.28. The Labute approximate surface area is 152 Å². The van der Waals surface area contributed by atoms with Gasteiger partial charge in [0.05, 0.1) is 5.41 Å². The molecule has 26 heavy (non-hydrogen) atoms. The van der Waals surface area contributed by atoms with E-state index in [0.29, 0.717) is 18.4 Å². The molecule has 0 aliphatic heterocycles. The van der Waals surface area contributed by atoms with Crippen molar-refractivity contribution in [2.24, 2.45) is 0 Å². The lowest BCUT2D eigenvalue weighted by atomic mass is 9.78. The van der Waals surface area contributed by atoms with Gasteiger partial charge in [0.2, 0.25) is 5.91 Å². The third kappa shape index (κ3) is 3.62. The predicted molar refractivity (Wildman–Crippen MR) is 98.0 cm³/mol. The summed E-state index contributed by atoms with van der Waals surface area (Å²) in [7, 11) is 0. The van der Waals surface area contributed by atoms with Gasteiger partial charge >= 0.3 is 0 Å². The van der Waals surface area contributed by atoms with Crippen molar-refractivity contribution in [3.05, 3.63) is 71.0 Å². The van der Waals surface area contributed by atoms with Gasteiger partial charge in [-0.1, -0.05) is 44.0 Å². The molecule has 5 heteroatoms. The number of aryl methyl sites for hydroxylation is 1. The van der Waals surface area contributed by atoms with Gasteiger partial charge in [-0.05, 0) is 54.7 Å². The molecule has 0 bridgehead atoms. The van der Waals surface area contributed by atoms with Gasteiger partial charge in [0.25, 0.3) is 5.91 Å². The molecule has 0 radical (unpaired) electrons. The van der Waals surface area contributed by atoms with Crippen LogP contribution in [0, 0.1) is 5.82 Å². The normalized spacial score (nSPS) is 15.5. The number of hydrogen-bond acceptors (Lipinski definition) is 2. The molecule has 2 aromatic rings. The second-order valence-electron chi connectivity index (χ2n) is 6.75. The smallest absolute Gasteiger partial charge is 0.269 e. The predicted octanol–water partition coefficient (Wildman–Crippen LogP) is 3.66. The largest absolute Gasteiger partial charge is 0.272 e. The van der Waals surface area contributed by atoms with E-state index in [9.17, 15) is 14.0 Å². The summed E-state index contributed by atoms with van der Waals surface area (Å²) < 4.78 is 13.2. The minimum absolute atomic E-state index is 0.250. The van der Waals surface area contributed by atoms with Gasteiger partial charge in [-0.15, -0.1) is 0 Å². The fraction of sp³-hybridized carbons (Fsp3) is 0.333. The average molecular weight is 354 g/mol. The van der Waals surface area contributed by atoms with Crippen LogP contribution in [0.25, 0.3) is 0 Å². The van der Waals surface area contributed by atoms with Crippen molar-refractivity contribution in [3.63, 3.8) is 0 Å². The molecule has 0 atom stereocenters. The minimum Gasteiger partial charge on any atom is -0.272 e. The number of rotatable bonds is 4. The summed E-state index contributed by atoms with van der Waals surface area (Å²) >= 11 is 0. The monoisotopic (exact) mass is 354 g/mol. The molecule has 3 rings (SSSR count). The van der Waals surface area contributed by atoms with E-state index in [2.05, 4.69) is 10.9 Å². The van der Waals surface area contributed by atoms with Crippen LogP contribution in [-0.4, -0.2) is 11.8 Å². The van der Waals surface area contributed by atoms with E-state index in [-0.39, 0.29) is 17.6 Å². The third-order valence-electron chi connectivity index (χ3n) is 5.20. The molecule has 1 fully saturated rings. The summed E-state index contributed by atoms with van der Waals surface area (Å²) in [6.45, 7) is 2.05. The Bertz CT molecular complexity index is 779. The van der Waals surface area contributed by atoms with Crippen LogP contribution < -0.4 is 10.9 Å². The zero-order chi connectivity index (χ0) is 18.6. The van der Waals surface area contributed by atoms with E-state index in [1.807, 2.05) is 19.1 Å². The highest BCUT2D eigenvalue weighted by molar-refractivity contribution is 5.97. The van der Waals surface area contributed by atoms with Crippen LogP contribution in [-0.2, 0) is 16.6 Å². The number of carbonyl (C=O) groups excluding carboxylic acids is 2. The maximum Gasteiger partial charge on any atom is 0.269 e. The van der Waals surface area contributed by atoms with E-state index in [4.69, 9.17) is 0 Å². The van der Waals surface area contributed by atoms with Crippen molar-refractivity contribution in [3.8, 4) is 0 Å². The average Bonchev–Trinajstić information content (AvgIpc) is 3.17. The van der Waals surface area contributed by atoms with Crippen molar-refractivity contribution in [1.29, 1.82) is 0 Å². The Balaban J connectivity index is 1.70. The van der Waals surface area contributed by atoms with Gasteiger partial charge in [-0.2, -0.15) is 0 Å². The number of benzene rings is 2. The first-order valence-corrected chi connectivity index (χ1v) is 9.01. The molecule has 2 N–H and O–H groups in total. The van der Waals surface area contributed by atoms with E-state index in [1.165, 1.54) is 12.1 Å². The van der Waals surface area contributed by atoms with Crippen LogP contribution in [0.5, 0.6) is 0 Å². The molecule has 136 valence electrons. The van der Waals surface area contributed by atoms with Crippen molar-refractivity contribution >= 4 is 11.8 Å². The van der Waals surface area contributed by atoms with Crippen LogP contribution >= 0.6 is 0 Å². The molecule has 2 amide bonds. The fourth-order valence-corrected chi connectivity index (χ4v) is 3.59. The molecule has 4 nitrogen and oxygen atoms in total. The number of hydrogen-bond donors (Lipinski definition) is 2. The molecule has 0 unspecified atom stereocenters. The Morgan fingerprint density at radius 1 is 0.962 bits per heavy atom. The SMILES string of the molecule is CCc1ccc(C(=O)NNC(=O)C2(c3ccc(F)cc3)CCCC2)cc1. The highest BCUT2D eigenvalue weighted by Crippen LogP contribution is 2.41. The van der Waals surface area contributed by atoms with Crippen LogP contribution in [0.4, 0.5) is 4.39 Å². The topological polar surface area (TPSA) is 58.2 Å². The van der Waals surface area contributed by atoms with Crippen molar-refractivity contribution < 1.29 is 14.0 Å². The van der Waals surface area contributed by atoms with Gasteiger partial charge in [-0.3, -0.25) is 20.4 Å². The molecular formula is C21H23FN2O2. The molecule has 1 aliphatic carbocycles. The van der Waals surface area contributed by atoms with E-state index < -0.39 is 5.41 Å². The second-order valence-corrected chi connectivity index (χ2v) is 6.75. The summed E-state index contributed by atoms with van der Waals surface area (Å²) in [4.78, 5) is 25.1. The summed E-state index contributed by atoms with van der Waals surface area (Å²) in [6, 6.07) is 13.3. The highest BCUT2D eigenvalue weighted by Gasteiger charge is 2.42. The maximum absolute atomic E-state index is 13.2. The number of carbonyl (C=O) groups is 2. The fourth-order valence-electron chi connectivity index (χ4n) is 3.59. The van der Waals surface area contributed by atoms with E-state index in [1.54, 1.807) is 24.3 Å². The van der Waals surface area contributed by atoms with Gasteiger partial charge in [-0.25, -0.2) is 4.39 Å². The summed E-state index contributed by atoms with van der Waals surface area (Å²) in [5.74, 6) is -0.931. The standard InChI is InChI=1S/C21H23FN2O2/c1-2-15-5-7-16(8-6-15)19(25)23-24-20(26)21(13-3-4-14-21)17-9-11-18(22)12-10-17/h5-12H,2-4,13-14H2,1H3,(H,23,25)(H,24,26). The van der Waals surface area contributed by atoms with Crippen LogP contribution in [0.1, 0.15) is 54.1 Å². The van der Waals surface area contributed by atoms with E-state index >= 15 is 0 Å². The Morgan fingerprint density at radius 3 is 2.15 bits per heavy atom. The van der Waals surface area contributed by atoms with Crippen molar-refractivity contribution in [2.45, 2.75) is 44.4 Å². The Kier molecular flexibility index (Phi) is 5.35. The van der Waals surface area contributed by atoms with Gasteiger partial charge < -0.3 is 0 Å². The lowest BCUT2D eigenvalue weighted by molar-refractivity contribution is -0.127. The first kappa shape index (κ1) is 18.1. The summed E-state index contributed by atoms with van der Waals surface area (Å²) in [6.07, 6.45) is 4.13. The first-order chi connectivity index (χ1) is 12.5. The van der Waals surface area contributed by atoms with Crippen LogP contribution in [0.15, 0.2) is 48.5 Å². The first-order valence-electron chi connectivity index (χ1n) is 9.01. The summed E-state index contributed by atoms with van der Waals surface area (Å²) in [5.41, 5.74) is 6.79. The molecule has 1 aliphatic rings. The molecular weight excluding hydrogens is 331 g/mol. The number of nitrogens with one attached hydrogen (secondary N) is 2. The molecule has 0 saturated heterocycles. The Morgan fingerprint density at radius 2 is 1.58 bits per heavy atom. The van der Waals surface area contributed by atoms with E-state index in [0.717, 1.165) is 30.4 Å². The van der Waals surface area contributed by atoms with Crippen LogP contribution in [0.3, 0.4) is 0 Å². The number of amides is 2. The minimum atomic E-state index is -0.715. The lowest BCUT2D eigenvalue weighted by Crippen LogP contribution is -2.50. The zero-order valence-electron chi connectivity index (χ0n) is 14.8. The molecule has 2 aromatic carbocycles. The van der Waals surface area contributed by atoms with Gasteiger partial charge in [0, 0.05) is 5.56 Å². The molecule has 0 heterocycles. The van der Waals surface area contributed by atoms with Crippen molar-refractivity contribution in [2.75, 3.05) is 0 Å². The second kappa shape index (κ2) is 7.68. The third-order valence-corrected chi connectivity index (χ3v) is 5.20. The van der Waals surface area contributed by atoms with Crippen LogP contribution in [0.2, 0.25) is 0 Å². The molecule has 1 saturated carbocycles. The quantitative estimate of drug-likeness (QED) is 0.823. The number of halogens is 1. The molecule has 0 spiro atoms. The summed E-state index contributed by atoms with van der Waals surface area (Å²) in [5, 5.41) is 0. The maximum atomic E-state index is 13.2. The number of hydrazine groups is 1. The van der Waals surface area contributed by atoms with Gasteiger partial charge in [0.1, 0.15) is 5.82 Å². The molecule has 0 aromatic heterocycles. The van der Waals surface area contributed by atoms with Crippen molar-refractivity contribution in [1.82, 2.24) is 10.9 Å². The highest BCUT2D eigenvalue weighted by atomic mass is 19.1. The zero-order valence-corrected chi connectivity index (χ0v) is 14.8. The Hall–Kier alpha value is -2.69. The van der Waals surface area contributed by atoms with Gasteiger partial charge in [0.15, 0.2) is 0 Å².